The predicted molar refractivity (Wildman–Crippen MR) is 234 cm³/mol. The molecule has 0 N–H and O–H groups in total. The molecule has 56 heavy (non-hydrogen) atoms. The fraction of sp³-hybridized carbons (Fsp3) is 0.375. The molecule has 0 atom stereocenters. The molecule has 0 radical (unpaired) electrons. The largest absolute Gasteiger partial charge is 0.804 e. The molecule has 0 bridgehead atoms. The monoisotopic (exact) mass is 771 g/mol. The molecule has 0 heterocycles. The Morgan fingerprint density at radius 1 is 0.571 bits per heavy atom. The minimum absolute atomic E-state index is 0.548. The van der Waals surface area contributed by atoms with Crippen molar-refractivity contribution >= 4 is 63.5 Å². The van der Waals surface area contributed by atoms with Gasteiger partial charge in [-0.15, -0.1) is 0 Å². The summed E-state index contributed by atoms with van der Waals surface area (Å²) in [5.41, 5.74) is 13.1. The number of rotatable bonds is 14. The number of hydrogen-bond donors (Lipinski definition) is 0. The third-order valence-corrected chi connectivity index (χ3v) is 11.9. The first kappa shape index (κ1) is 40.7. The van der Waals surface area contributed by atoms with Crippen molar-refractivity contribution in [2.45, 2.75) is 106 Å². The van der Waals surface area contributed by atoms with E-state index in [9.17, 15) is 4.57 Å². The van der Waals surface area contributed by atoms with E-state index in [2.05, 4.69) is 111 Å². The van der Waals surface area contributed by atoms with Crippen LogP contribution in [0.15, 0.2) is 106 Å². The number of benzene rings is 4. The van der Waals surface area contributed by atoms with E-state index in [1.165, 1.54) is 11.1 Å². The molecular weight excluding hydrogens is 716 g/mol. The molecule has 6 rings (SSSR count). The maximum Gasteiger partial charge on any atom is 0.804 e. The number of oxime groups is 2. The van der Waals surface area contributed by atoms with E-state index < -0.39 is 8.25 Å². The lowest BCUT2D eigenvalue weighted by atomic mass is 9.80. The van der Waals surface area contributed by atoms with Gasteiger partial charge in [0.2, 0.25) is 0 Å². The van der Waals surface area contributed by atoms with Crippen molar-refractivity contribution in [2.24, 2.45) is 10.3 Å². The zero-order valence-corrected chi connectivity index (χ0v) is 35.3. The Balaban J connectivity index is 1.46. The molecule has 0 spiro atoms. The zero-order valence-electron chi connectivity index (χ0n) is 34.4. The lowest BCUT2D eigenvalue weighted by Gasteiger charge is -2.25. The molecule has 0 unspecified atom stereocenters. The van der Waals surface area contributed by atoms with Gasteiger partial charge in [-0.3, -0.25) is 0 Å². The van der Waals surface area contributed by atoms with Gasteiger partial charge in [0.15, 0.2) is 11.5 Å². The summed E-state index contributed by atoms with van der Waals surface area (Å²) in [6.45, 7) is 12.8. The van der Waals surface area contributed by atoms with Crippen LogP contribution in [0.2, 0.25) is 0 Å². The lowest BCUT2D eigenvalue weighted by Crippen LogP contribution is -2.13. The first-order valence-electron chi connectivity index (χ1n) is 20.2. The van der Waals surface area contributed by atoms with E-state index in [0.29, 0.717) is 37.2 Å². The summed E-state index contributed by atoms with van der Waals surface area (Å²) in [5, 5.41) is 13.6. The third kappa shape index (κ3) is 8.25. The van der Waals surface area contributed by atoms with Crippen molar-refractivity contribution in [3.63, 3.8) is 0 Å². The Hall–Kier alpha value is -5.00. The maximum atomic E-state index is 14.2. The second-order valence-electron chi connectivity index (χ2n) is 14.5. The van der Waals surface area contributed by atoms with E-state index >= 15 is 0 Å². The molecule has 0 aromatic heterocycles. The van der Waals surface area contributed by atoms with Gasteiger partial charge in [0.05, 0.1) is 11.4 Å². The maximum absolute atomic E-state index is 14.2. The molecule has 292 valence electrons. The van der Waals surface area contributed by atoms with E-state index in [0.717, 1.165) is 116 Å². The van der Waals surface area contributed by atoms with Crippen LogP contribution in [0.4, 0.5) is 0 Å². The number of nitrogens with zero attached hydrogens (tertiary/aromatic N) is 2. The van der Waals surface area contributed by atoms with Crippen molar-refractivity contribution < 1.29 is 23.3 Å². The molecule has 0 amide bonds. The van der Waals surface area contributed by atoms with Crippen LogP contribution in [0.5, 0.6) is 0 Å². The predicted octanol–water partition coefficient (Wildman–Crippen LogP) is 14.4. The van der Waals surface area contributed by atoms with Crippen LogP contribution in [0.3, 0.4) is 0 Å². The Morgan fingerprint density at radius 3 is 1.36 bits per heavy atom. The summed E-state index contributed by atoms with van der Waals surface area (Å²) < 4.78 is 27.1. The molecule has 0 saturated heterocycles. The second-order valence-corrected chi connectivity index (χ2v) is 15.3. The minimum Gasteiger partial charge on any atom is -0.399 e. The van der Waals surface area contributed by atoms with E-state index in [1.807, 2.05) is 13.8 Å². The van der Waals surface area contributed by atoms with Gasteiger partial charge in [0.25, 0.3) is 0 Å². The first-order chi connectivity index (χ1) is 27.3. The van der Waals surface area contributed by atoms with Crippen molar-refractivity contribution in [2.75, 3.05) is 14.2 Å². The van der Waals surface area contributed by atoms with Gasteiger partial charge in [0, 0.05) is 39.7 Å². The molecule has 0 aliphatic heterocycles. The van der Waals surface area contributed by atoms with Crippen molar-refractivity contribution in [1.29, 1.82) is 0 Å². The van der Waals surface area contributed by atoms with Gasteiger partial charge in [-0.25, -0.2) is 9.05 Å². The van der Waals surface area contributed by atoms with Gasteiger partial charge < -0.3 is 9.68 Å². The third-order valence-electron chi connectivity index (χ3n) is 11.2. The van der Waals surface area contributed by atoms with Gasteiger partial charge >= 0.3 is 8.25 Å². The van der Waals surface area contributed by atoms with Crippen LogP contribution in [0.25, 0.3) is 43.8 Å². The number of allylic oxidation sites excluding steroid dienone is 8. The summed E-state index contributed by atoms with van der Waals surface area (Å²) in [6, 6.07) is 25.6. The van der Waals surface area contributed by atoms with Crippen LogP contribution in [-0.4, -0.2) is 25.6 Å². The highest BCUT2D eigenvalue weighted by Crippen LogP contribution is 2.46. The Kier molecular flexibility index (Phi) is 13.6. The smallest absolute Gasteiger partial charge is 0.399 e. The van der Waals surface area contributed by atoms with Crippen molar-refractivity contribution in [3.05, 3.63) is 118 Å². The van der Waals surface area contributed by atoms with Gasteiger partial charge in [0.1, 0.15) is 14.2 Å². The molecule has 8 heteroatoms. The molecule has 0 fully saturated rings. The van der Waals surface area contributed by atoms with E-state index in [1.54, 1.807) is 14.2 Å². The average molecular weight is 772 g/mol. The molecule has 2 aliphatic carbocycles. The quantitative estimate of drug-likeness (QED) is 0.0724. The SMILES string of the molecule is CC/C(O[P+](=O)O/C(CC)=C(\CC)c1ccc2ccccc2c1C1=C(C)CCC/C1=N\OC)=C(/CC)c1ccc2ccccc2c1C1=C(C)CCC/C1=N\OC. The fourth-order valence-electron chi connectivity index (χ4n) is 8.68. The molecule has 7 nitrogen and oxygen atoms in total. The molecule has 4 aromatic rings. The zero-order chi connectivity index (χ0) is 39.8. The van der Waals surface area contributed by atoms with Crippen LogP contribution < -0.4 is 0 Å². The Bertz CT molecular complexity index is 2170. The normalized spacial score (nSPS) is 17.7. The van der Waals surface area contributed by atoms with Gasteiger partial charge in [-0.1, -0.05) is 122 Å². The molecule has 0 saturated carbocycles. The number of hydrogen-bond acceptors (Lipinski definition) is 7. The highest BCUT2D eigenvalue weighted by atomic mass is 31.1. The molecule has 4 aromatic carbocycles. The summed E-state index contributed by atoms with van der Waals surface area (Å²) in [4.78, 5) is 10.8. The van der Waals surface area contributed by atoms with Crippen LogP contribution in [0.1, 0.15) is 128 Å². The first-order valence-corrected chi connectivity index (χ1v) is 21.3. The fourth-order valence-corrected chi connectivity index (χ4v) is 9.55. The molecular formula is C48H56N2O5P+. The lowest BCUT2D eigenvalue weighted by molar-refractivity contribution is 0.213. The Morgan fingerprint density at radius 2 is 0.982 bits per heavy atom. The summed E-state index contributed by atoms with van der Waals surface area (Å²) in [5.74, 6) is 1.32. The Labute approximate surface area is 333 Å². The summed E-state index contributed by atoms with van der Waals surface area (Å²) in [6.07, 6.45) is 8.18. The minimum atomic E-state index is -2.57. The van der Waals surface area contributed by atoms with Crippen molar-refractivity contribution in [3.8, 4) is 0 Å². The average Bonchev–Trinajstić information content (AvgIpc) is 3.21. The van der Waals surface area contributed by atoms with E-state index in [4.69, 9.17) is 18.7 Å². The van der Waals surface area contributed by atoms with Crippen LogP contribution >= 0.6 is 8.25 Å². The van der Waals surface area contributed by atoms with Crippen molar-refractivity contribution in [1.82, 2.24) is 0 Å². The second kappa shape index (κ2) is 18.8. The summed E-state index contributed by atoms with van der Waals surface area (Å²) >= 11 is 0. The van der Waals surface area contributed by atoms with Gasteiger partial charge in [-0.05, 0) is 109 Å². The topological polar surface area (TPSA) is 78.7 Å². The highest BCUT2D eigenvalue weighted by Gasteiger charge is 2.32. The standard InChI is InChI=1S/C48H56N2O5P/c1-9-35(39-29-27-33-21-13-15-23-37(33)47(39)45-31(5)19-17-25-41(45)49-52-7)43(11-3)54-56(51)55-44(12-4)36(10-2)40-30-28-34-22-14-16-24-38(34)48(40)46-32(6)20-18-26-42(46)50-53-8/h13-16,21-24,27-30H,9-12,17-20,25-26H2,1-8H3/q+1/b43-35+,44-36+,49-41+,50-42+. The van der Waals surface area contributed by atoms with Crippen LogP contribution in [0, 0.1) is 0 Å². The van der Waals surface area contributed by atoms with Gasteiger partial charge in [-0.2, -0.15) is 0 Å². The number of fused-ring (bicyclic) bond motifs is 2. The van der Waals surface area contributed by atoms with E-state index in [-0.39, 0.29) is 0 Å². The van der Waals surface area contributed by atoms with Crippen LogP contribution in [-0.2, 0) is 23.3 Å². The molecule has 2 aliphatic rings. The highest BCUT2D eigenvalue weighted by molar-refractivity contribution is 7.33. The summed E-state index contributed by atoms with van der Waals surface area (Å²) in [7, 11) is 0.654.